The molecule has 3 rings (SSSR count). The highest BCUT2D eigenvalue weighted by molar-refractivity contribution is 9.10. The molecule has 0 saturated carbocycles. The van der Waals surface area contributed by atoms with E-state index < -0.39 is 11.9 Å². The van der Waals surface area contributed by atoms with Crippen LogP contribution in [0.25, 0.3) is 6.08 Å². The van der Waals surface area contributed by atoms with Gasteiger partial charge in [0.2, 0.25) is 0 Å². The first-order chi connectivity index (χ1) is 17.2. The summed E-state index contributed by atoms with van der Waals surface area (Å²) in [5.41, 5.74) is 0.853. The number of methoxy groups -OCH3 is 1. The molecule has 0 atom stereocenters. The molecule has 0 saturated heterocycles. The molecule has 0 aliphatic carbocycles. The topological polar surface area (TPSA) is 97.6 Å². The summed E-state index contributed by atoms with van der Waals surface area (Å²) in [6.07, 6.45) is 1.37. The predicted octanol–water partition coefficient (Wildman–Crippen LogP) is 6.93. The lowest BCUT2D eigenvalue weighted by Gasteiger charge is -2.14. The maximum absolute atomic E-state index is 12.7. The first-order valence-corrected chi connectivity index (χ1v) is 12.0. The Bertz CT molecular complexity index is 1370. The fourth-order valence-corrected chi connectivity index (χ4v) is 3.89. The third-order valence-corrected chi connectivity index (χ3v) is 5.86. The minimum Gasteiger partial charge on any atom is -0.497 e. The highest BCUT2D eigenvalue weighted by Gasteiger charge is 2.19. The maximum atomic E-state index is 12.7. The van der Waals surface area contributed by atoms with Gasteiger partial charge in [0.05, 0.1) is 34.5 Å². The number of hydrogen-bond acceptors (Lipinski definition) is 6. The Labute approximate surface area is 226 Å². The summed E-state index contributed by atoms with van der Waals surface area (Å²) in [4.78, 5) is 25.4. The average Bonchev–Trinajstić information content (AvgIpc) is 2.86. The van der Waals surface area contributed by atoms with Gasteiger partial charge in [-0.05, 0) is 89.1 Å². The molecule has 0 fully saturated rings. The second kappa shape index (κ2) is 12.5. The van der Waals surface area contributed by atoms with Crippen LogP contribution < -0.4 is 19.5 Å². The zero-order chi connectivity index (χ0) is 26.2. The molecule has 0 radical (unpaired) electrons. The Balaban J connectivity index is 1.89. The van der Waals surface area contributed by atoms with E-state index in [0.717, 1.165) is 0 Å². The van der Waals surface area contributed by atoms with Crippen LogP contribution in [0.15, 0.2) is 64.6 Å². The van der Waals surface area contributed by atoms with Crippen LogP contribution in [0.5, 0.6) is 17.2 Å². The monoisotopic (exact) mass is 588 g/mol. The summed E-state index contributed by atoms with van der Waals surface area (Å²) in [5.74, 6) is -0.267. The SMILES string of the molecule is CCOc1cc(/C=C(\C#N)C(=O)Nc2cc(Cl)ccc2Cl)cc(Br)c1OC(=O)c1ccc(OC)cc1. The Morgan fingerprint density at radius 1 is 1.11 bits per heavy atom. The van der Waals surface area contributed by atoms with Gasteiger partial charge in [-0.25, -0.2) is 4.79 Å². The molecule has 1 amide bonds. The molecule has 0 aromatic heterocycles. The zero-order valence-electron chi connectivity index (χ0n) is 19.1. The number of anilines is 1. The predicted molar refractivity (Wildman–Crippen MR) is 142 cm³/mol. The van der Waals surface area contributed by atoms with Gasteiger partial charge in [-0.15, -0.1) is 0 Å². The lowest BCUT2D eigenvalue weighted by molar-refractivity contribution is -0.112. The van der Waals surface area contributed by atoms with E-state index in [1.807, 2.05) is 6.07 Å². The summed E-state index contributed by atoms with van der Waals surface area (Å²) in [7, 11) is 1.53. The molecule has 0 aliphatic heterocycles. The first-order valence-electron chi connectivity index (χ1n) is 10.5. The van der Waals surface area contributed by atoms with Crippen molar-refractivity contribution in [3.63, 3.8) is 0 Å². The molecule has 3 aromatic rings. The average molecular weight is 590 g/mol. The van der Waals surface area contributed by atoms with Crippen molar-refractivity contribution in [2.75, 3.05) is 19.0 Å². The van der Waals surface area contributed by atoms with Gasteiger partial charge < -0.3 is 19.5 Å². The van der Waals surface area contributed by atoms with Crippen molar-refractivity contribution in [1.29, 1.82) is 5.26 Å². The zero-order valence-corrected chi connectivity index (χ0v) is 22.2. The molecule has 0 bridgehead atoms. The minimum absolute atomic E-state index is 0.156. The second-order valence-electron chi connectivity index (χ2n) is 7.13. The number of carbonyl (C=O) groups is 2. The molecule has 0 unspecified atom stereocenters. The van der Waals surface area contributed by atoms with Crippen LogP contribution in [0.3, 0.4) is 0 Å². The van der Waals surface area contributed by atoms with Crippen LogP contribution in [0, 0.1) is 11.3 Å². The van der Waals surface area contributed by atoms with Crippen molar-refractivity contribution in [2.24, 2.45) is 0 Å². The highest BCUT2D eigenvalue weighted by atomic mass is 79.9. The molecule has 0 aliphatic rings. The summed E-state index contributed by atoms with van der Waals surface area (Å²) in [6.45, 7) is 2.06. The standard InChI is InChI=1S/C26H19BrCl2N2O5/c1-3-35-23-12-15(10-17(14-30)25(32)31-22-13-18(28)6-9-21(22)29)11-20(27)24(23)36-26(33)16-4-7-19(34-2)8-5-16/h4-13H,3H2,1-2H3,(H,31,32)/b17-10+. The van der Waals surface area contributed by atoms with Crippen LogP contribution >= 0.6 is 39.1 Å². The smallest absolute Gasteiger partial charge is 0.343 e. The van der Waals surface area contributed by atoms with E-state index in [9.17, 15) is 14.9 Å². The van der Waals surface area contributed by atoms with Crippen molar-refractivity contribution in [2.45, 2.75) is 6.92 Å². The fourth-order valence-electron chi connectivity index (χ4n) is 3.01. The third kappa shape index (κ3) is 6.79. The number of nitrogens with zero attached hydrogens (tertiary/aromatic N) is 1. The normalized spacial score (nSPS) is 10.8. The van der Waals surface area contributed by atoms with E-state index in [1.165, 1.54) is 25.3 Å². The van der Waals surface area contributed by atoms with Crippen molar-refractivity contribution in [1.82, 2.24) is 0 Å². The van der Waals surface area contributed by atoms with E-state index in [-0.39, 0.29) is 34.4 Å². The van der Waals surface area contributed by atoms with E-state index in [2.05, 4.69) is 21.2 Å². The molecule has 1 N–H and O–H groups in total. The molecule has 7 nitrogen and oxygen atoms in total. The van der Waals surface area contributed by atoms with E-state index in [1.54, 1.807) is 49.4 Å². The number of esters is 1. The van der Waals surface area contributed by atoms with Gasteiger partial charge in [0.15, 0.2) is 11.5 Å². The molecule has 0 heterocycles. The number of carbonyl (C=O) groups excluding carboxylic acids is 2. The van der Waals surface area contributed by atoms with Gasteiger partial charge in [0.25, 0.3) is 5.91 Å². The largest absolute Gasteiger partial charge is 0.497 e. The summed E-state index contributed by atoms with van der Waals surface area (Å²) >= 11 is 15.4. The van der Waals surface area contributed by atoms with E-state index >= 15 is 0 Å². The quantitative estimate of drug-likeness (QED) is 0.132. The van der Waals surface area contributed by atoms with E-state index in [4.69, 9.17) is 37.4 Å². The highest BCUT2D eigenvalue weighted by Crippen LogP contribution is 2.38. The molecule has 10 heteroatoms. The molecular weight excluding hydrogens is 571 g/mol. The number of nitriles is 1. The number of benzene rings is 3. The lowest BCUT2D eigenvalue weighted by Crippen LogP contribution is -2.14. The Morgan fingerprint density at radius 3 is 2.47 bits per heavy atom. The lowest BCUT2D eigenvalue weighted by atomic mass is 10.1. The number of amides is 1. The van der Waals surface area contributed by atoms with Crippen molar-refractivity contribution in [3.8, 4) is 23.3 Å². The maximum Gasteiger partial charge on any atom is 0.343 e. The van der Waals surface area contributed by atoms with E-state index in [0.29, 0.717) is 26.4 Å². The van der Waals surface area contributed by atoms with Gasteiger partial charge in [-0.1, -0.05) is 23.2 Å². The fraction of sp³-hybridized carbons (Fsp3) is 0.115. The Hall–Kier alpha value is -3.51. The van der Waals surface area contributed by atoms with Crippen molar-refractivity contribution < 1.29 is 23.8 Å². The van der Waals surface area contributed by atoms with Gasteiger partial charge in [-0.2, -0.15) is 5.26 Å². The Morgan fingerprint density at radius 2 is 1.83 bits per heavy atom. The molecule has 3 aromatic carbocycles. The van der Waals surface area contributed by atoms with Gasteiger partial charge >= 0.3 is 5.97 Å². The van der Waals surface area contributed by atoms with Crippen LogP contribution in [0.2, 0.25) is 10.0 Å². The molecule has 36 heavy (non-hydrogen) atoms. The first kappa shape index (κ1) is 27.1. The number of rotatable bonds is 8. The third-order valence-electron chi connectivity index (χ3n) is 4.70. The number of ether oxygens (including phenoxy) is 3. The van der Waals surface area contributed by atoms with Gasteiger partial charge in [0.1, 0.15) is 17.4 Å². The van der Waals surface area contributed by atoms with Crippen molar-refractivity contribution in [3.05, 3.63) is 85.8 Å². The minimum atomic E-state index is -0.675. The Kier molecular flexibility index (Phi) is 9.37. The summed E-state index contributed by atoms with van der Waals surface area (Å²) in [6, 6.07) is 16.1. The van der Waals surface area contributed by atoms with Crippen LogP contribution in [0.4, 0.5) is 5.69 Å². The molecule has 0 spiro atoms. The van der Waals surface area contributed by atoms with Gasteiger partial charge in [-0.3, -0.25) is 4.79 Å². The van der Waals surface area contributed by atoms with Gasteiger partial charge in [0, 0.05) is 5.02 Å². The number of nitrogens with one attached hydrogen (secondary N) is 1. The molecule has 184 valence electrons. The van der Waals surface area contributed by atoms with Crippen LogP contribution in [-0.4, -0.2) is 25.6 Å². The van der Waals surface area contributed by atoms with Crippen LogP contribution in [0.1, 0.15) is 22.8 Å². The van der Waals surface area contributed by atoms with Crippen molar-refractivity contribution >= 4 is 62.8 Å². The number of hydrogen-bond donors (Lipinski definition) is 1. The summed E-state index contributed by atoms with van der Waals surface area (Å²) < 4.78 is 16.7. The summed E-state index contributed by atoms with van der Waals surface area (Å²) in [5, 5.41) is 12.8. The molecular formula is C26H19BrCl2N2O5. The van der Waals surface area contributed by atoms with Crippen LogP contribution in [-0.2, 0) is 4.79 Å². The number of halogens is 3. The second-order valence-corrected chi connectivity index (χ2v) is 8.83.